The van der Waals surface area contributed by atoms with Gasteiger partial charge in [-0.1, -0.05) is 18.2 Å². The molecule has 0 radical (unpaired) electrons. The molecule has 1 atom stereocenters. The first-order valence-electron chi connectivity index (χ1n) is 13.3. The van der Waals surface area contributed by atoms with Gasteiger partial charge in [0.1, 0.15) is 23.1 Å². The summed E-state index contributed by atoms with van der Waals surface area (Å²) in [6.45, 7) is 7.22. The summed E-state index contributed by atoms with van der Waals surface area (Å²) >= 11 is 0. The normalized spacial score (nSPS) is 21.1. The average Bonchev–Trinajstić information content (AvgIpc) is 3.55. The van der Waals surface area contributed by atoms with E-state index in [0.717, 1.165) is 92.9 Å². The molecule has 6 heterocycles. The summed E-state index contributed by atoms with van der Waals surface area (Å²) in [5, 5.41) is 8.37. The summed E-state index contributed by atoms with van der Waals surface area (Å²) in [4.78, 5) is 16.9. The lowest BCUT2D eigenvalue weighted by Gasteiger charge is -2.43. The predicted octanol–water partition coefficient (Wildman–Crippen LogP) is 3.37. The van der Waals surface area contributed by atoms with E-state index in [0.29, 0.717) is 6.04 Å². The van der Waals surface area contributed by atoms with E-state index >= 15 is 0 Å². The van der Waals surface area contributed by atoms with Crippen molar-refractivity contribution in [2.24, 2.45) is 0 Å². The van der Waals surface area contributed by atoms with Crippen molar-refractivity contribution in [1.82, 2.24) is 29.8 Å². The Bertz CT molecular complexity index is 1410. The topological polar surface area (TPSA) is 64.8 Å². The molecule has 3 aromatic heterocycles. The van der Waals surface area contributed by atoms with Crippen LogP contribution in [0.15, 0.2) is 60.8 Å². The largest absolute Gasteiger partial charge is 0.354 e. The van der Waals surface area contributed by atoms with Gasteiger partial charge in [0.05, 0.1) is 17.9 Å². The van der Waals surface area contributed by atoms with Crippen LogP contribution in [0.3, 0.4) is 0 Å². The van der Waals surface area contributed by atoms with Crippen molar-refractivity contribution in [3.63, 3.8) is 0 Å². The molecule has 0 bridgehead atoms. The molecule has 0 aliphatic carbocycles. The zero-order valence-corrected chi connectivity index (χ0v) is 20.8. The number of hydrogen-bond acceptors (Lipinski definition) is 7. The highest BCUT2D eigenvalue weighted by Gasteiger charge is 2.29. The second kappa shape index (κ2) is 9.39. The molecule has 4 aromatic rings. The molecule has 37 heavy (non-hydrogen) atoms. The third-order valence-electron chi connectivity index (χ3n) is 8.04. The van der Waals surface area contributed by atoms with E-state index in [9.17, 15) is 4.39 Å². The fourth-order valence-electron chi connectivity index (χ4n) is 5.88. The maximum absolute atomic E-state index is 13.9. The molecular formula is C28H31FN8. The Labute approximate surface area is 215 Å². The smallest absolute Gasteiger partial charge is 0.154 e. The quantitative estimate of drug-likeness (QED) is 0.453. The minimum atomic E-state index is -0.197. The highest BCUT2D eigenvalue weighted by Crippen LogP contribution is 2.35. The van der Waals surface area contributed by atoms with E-state index in [-0.39, 0.29) is 11.9 Å². The highest BCUT2D eigenvalue weighted by atomic mass is 19.1. The van der Waals surface area contributed by atoms with Crippen LogP contribution in [0.25, 0.3) is 17.0 Å². The van der Waals surface area contributed by atoms with Crippen LogP contribution in [-0.2, 0) is 0 Å². The lowest BCUT2D eigenvalue weighted by atomic mass is 10.0. The second-order valence-corrected chi connectivity index (χ2v) is 10.2. The van der Waals surface area contributed by atoms with Crippen molar-refractivity contribution in [2.45, 2.75) is 24.9 Å². The molecule has 1 N–H and O–H groups in total. The predicted molar refractivity (Wildman–Crippen MR) is 142 cm³/mol. The Morgan fingerprint density at radius 3 is 2.57 bits per heavy atom. The number of anilines is 2. The van der Waals surface area contributed by atoms with Crippen LogP contribution in [0, 0.1) is 5.82 Å². The zero-order chi connectivity index (χ0) is 24.8. The molecule has 0 amide bonds. The first-order valence-corrected chi connectivity index (χ1v) is 13.3. The molecule has 0 saturated carbocycles. The van der Waals surface area contributed by atoms with Crippen molar-refractivity contribution in [3.05, 3.63) is 72.2 Å². The third-order valence-corrected chi connectivity index (χ3v) is 8.04. The molecule has 3 saturated heterocycles. The first kappa shape index (κ1) is 22.6. The van der Waals surface area contributed by atoms with Gasteiger partial charge in [-0.3, -0.25) is 4.90 Å². The molecule has 9 heteroatoms. The minimum absolute atomic E-state index is 0.114. The molecule has 190 valence electrons. The number of imidazole rings is 1. The summed E-state index contributed by atoms with van der Waals surface area (Å²) in [6, 6.07) is 18.0. The highest BCUT2D eigenvalue weighted by molar-refractivity contribution is 5.62. The lowest BCUT2D eigenvalue weighted by Crippen LogP contribution is -2.61. The van der Waals surface area contributed by atoms with Gasteiger partial charge in [0.15, 0.2) is 5.65 Å². The van der Waals surface area contributed by atoms with Crippen molar-refractivity contribution >= 4 is 17.3 Å². The number of rotatable bonds is 5. The summed E-state index contributed by atoms with van der Waals surface area (Å²) in [6.07, 6.45) is 3.88. The summed E-state index contributed by atoms with van der Waals surface area (Å²) in [7, 11) is 0. The minimum Gasteiger partial charge on any atom is -0.354 e. The van der Waals surface area contributed by atoms with Crippen LogP contribution in [0.1, 0.15) is 24.4 Å². The van der Waals surface area contributed by atoms with Gasteiger partial charge in [-0.15, -0.1) is 5.10 Å². The van der Waals surface area contributed by atoms with Crippen LogP contribution < -0.4 is 15.1 Å². The Balaban J connectivity index is 1.16. The molecule has 1 aromatic carbocycles. The molecule has 3 fully saturated rings. The van der Waals surface area contributed by atoms with Gasteiger partial charge >= 0.3 is 0 Å². The van der Waals surface area contributed by atoms with Crippen molar-refractivity contribution in [3.8, 4) is 11.4 Å². The fourth-order valence-corrected chi connectivity index (χ4v) is 5.88. The number of nitrogens with one attached hydrogen (secondary N) is 1. The van der Waals surface area contributed by atoms with Crippen LogP contribution >= 0.6 is 0 Å². The Morgan fingerprint density at radius 2 is 1.76 bits per heavy atom. The number of aromatic nitrogens is 4. The van der Waals surface area contributed by atoms with Gasteiger partial charge in [0.2, 0.25) is 0 Å². The second-order valence-electron chi connectivity index (χ2n) is 10.2. The Morgan fingerprint density at radius 1 is 0.892 bits per heavy atom. The zero-order valence-electron chi connectivity index (χ0n) is 20.8. The molecule has 3 aliphatic heterocycles. The SMILES string of the molecule is Fc1cccc([C@H]2CCCN2c2ccc3ncc(-c4cccc(N5CCN(C6CNC6)CC5)n4)n3n2)c1. The molecule has 0 spiro atoms. The van der Waals surface area contributed by atoms with Crippen molar-refractivity contribution < 1.29 is 4.39 Å². The lowest BCUT2D eigenvalue weighted by molar-refractivity contribution is 0.137. The number of piperazine rings is 1. The van der Waals surface area contributed by atoms with Gasteiger partial charge in [-0.2, -0.15) is 0 Å². The van der Waals surface area contributed by atoms with Crippen molar-refractivity contribution in [1.29, 1.82) is 0 Å². The Hall–Kier alpha value is -3.56. The standard InChI is InChI=1S/C28H31FN8/c29-21-5-1-4-20(16-21)24-7-3-11-36(24)28-10-9-26-31-19-25(37(26)33-28)23-6-2-8-27(32-23)35-14-12-34(13-15-35)22-17-30-18-22/h1-2,4-6,8-10,16,19,22,24,30H,3,7,11-15,17-18H2/t24-/m1/s1. The fraction of sp³-hybridized carbons (Fsp3) is 0.393. The van der Waals surface area contributed by atoms with Gasteiger partial charge in [-0.25, -0.2) is 18.9 Å². The monoisotopic (exact) mass is 498 g/mol. The maximum atomic E-state index is 13.9. The van der Waals surface area contributed by atoms with Crippen LogP contribution in [-0.4, -0.2) is 76.3 Å². The van der Waals surface area contributed by atoms with E-state index in [4.69, 9.17) is 10.1 Å². The first-order chi connectivity index (χ1) is 18.2. The number of nitrogens with zero attached hydrogens (tertiary/aromatic N) is 7. The average molecular weight is 499 g/mol. The van der Waals surface area contributed by atoms with E-state index in [2.05, 4.69) is 37.1 Å². The van der Waals surface area contributed by atoms with E-state index in [1.165, 1.54) is 6.07 Å². The number of benzene rings is 1. The number of hydrogen-bond donors (Lipinski definition) is 1. The van der Waals surface area contributed by atoms with Crippen LogP contribution in [0.2, 0.25) is 0 Å². The van der Waals surface area contributed by atoms with Crippen molar-refractivity contribution in [2.75, 3.05) is 55.6 Å². The van der Waals surface area contributed by atoms with Gasteiger partial charge < -0.3 is 15.1 Å². The van der Waals surface area contributed by atoms with Gasteiger partial charge in [0, 0.05) is 51.9 Å². The number of fused-ring (bicyclic) bond motifs is 1. The Kier molecular flexibility index (Phi) is 5.74. The summed E-state index contributed by atoms with van der Waals surface area (Å²) in [5.74, 6) is 1.68. The molecule has 3 aliphatic rings. The summed E-state index contributed by atoms with van der Waals surface area (Å²) in [5.41, 5.74) is 3.52. The summed E-state index contributed by atoms with van der Waals surface area (Å²) < 4.78 is 15.8. The number of pyridine rings is 1. The third kappa shape index (κ3) is 4.22. The molecular weight excluding hydrogens is 467 g/mol. The van der Waals surface area contributed by atoms with E-state index < -0.39 is 0 Å². The molecule has 7 rings (SSSR count). The van der Waals surface area contributed by atoms with Crippen LogP contribution in [0.4, 0.5) is 16.0 Å². The molecule has 0 unspecified atom stereocenters. The van der Waals surface area contributed by atoms with Gasteiger partial charge in [-0.05, 0) is 54.8 Å². The van der Waals surface area contributed by atoms with Gasteiger partial charge in [0.25, 0.3) is 0 Å². The van der Waals surface area contributed by atoms with E-state index in [1.54, 1.807) is 12.1 Å². The molecule has 8 nitrogen and oxygen atoms in total. The number of halogens is 1. The van der Waals surface area contributed by atoms with E-state index in [1.807, 2.05) is 35.0 Å². The maximum Gasteiger partial charge on any atom is 0.154 e. The van der Waals surface area contributed by atoms with Crippen LogP contribution in [0.5, 0.6) is 0 Å².